The molecule has 3 heterocycles. The average molecular weight is 462 g/mol. The Kier molecular flexibility index (Phi) is 5.78. The number of nitrogens with one attached hydrogen (secondary N) is 1. The minimum atomic E-state index is -0.180. The van der Waals surface area contributed by atoms with Gasteiger partial charge in [0, 0.05) is 33.6 Å². The van der Waals surface area contributed by atoms with Gasteiger partial charge in [-0.05, 0) is 36.1 Å². The molecule has 1 aromatic carbocycles. The maximum atomic E-state index is 12.9. The molecule has 0 aliphatic rings. The van der Waals surface area contributed by atoms with Crippen molar-refractivity contribution >= 4 is 67.8 Å². The summed E-state index contributed by atoms with van der Waals surface area (Å²) in [5, 5.41) is 8.56. The number of nitrogens with zero attached hydrogens (tertiary/aromatic N) is 2. The fraction of sp³-hybridized carbons (Fsp3) is 0.150. The van der Waals surface area contributed by atoms with E-state index < -0.39 is 0 Å². The van der Waals surface area contributed by atoms with Crippen LogP contribution in [0, 0.1) is 6.92 Å². The second-order valence-electron chi connectivity index (χ2n) is 6.31. The Morgan fingerprint density at radius 3 is 2.86 bits per heavy atom. The molecule has 148 valence electrons. The van der Waals surface area contributed by atoms with Crippen LogP contribution in [0.2, 0.25) is 5.02 Å². The first kappa shape index (κ1) is 20.2. The summed E-state index contributed by atoms with van der Waals surface area (Å²) in [5.41, 5.74) is 2.31. The molecule has 0 radical (unpaired) electrons. The summed E-state index contributed by atoms with van der Waals surface area (Å²) in [6.07, 6.45) is 0. The molecular weight excluding hydrogens is 446 g/mol. The highest BCUT2D eigenvalue weighted by Gasteiger charge is 2.17. The second-order valence-corrected chi connectivity index (χ2v) is 9.47. The highest BCUT2D eigenvalue weighted by Crippen LogP contribution is 2.34. The molecule has 5 nitrogen and oxygen atoms in total. The number of anilines is 1. The minimum absolute atomic E-state index is 0.103. The van der Waals surface area contributed by atoms with Crippen molar-refractivity contribution in [3.8, 4) is 10.4 Å². The van der Waals surface area contributed by atoms with Crippen molar-refractivity contribution < 1.29 is 4.79 Å². The maximum Gasteiger partial charge on any atom is 0.263 e. The second kappa shape index (κ2) is 8.31. The summed E-state index contributed by atoms with van der Waals surface area (Å²) < 4.78 is 1.51. The summed E-state index contributed by atoms with van der Waals surface area (Å²) in [5.74, 6) is -0.0406. The van der Waals surface area contributed by atoms with Crippen molar-refractivity contribution in [3.63, 3.8) is 0 Å². The molecule has 9 heteroatoms. The highest BCUT2D eigenvalue weighted by molar-refractivity contribution is 7.99. The number of thiophene rings is 2. The normalized spacial score (nSPS) is 11.1. The first-order valence-electron chi connectivity index (χ1n) is 8.65. The number of benzene rings is 1. The molecule has 3 aromatic heterocycles. The van der Waals surface area contributed by atoms with Crippen LogP contribution in [-0.4, -0.2) is 21.2 Å². The van der Waals surface area contributed by atoms with Gasteiger partial charge in [-0.1, -0.05) is 35.5 Å². The molecule has 1 amide bonds. The van der Waals surface area contributed by atoms with Gasteiger partial charge < -0.3 is 5.32 Å². The van der Waals surface area contributed by atoms with E-state index in [4.69, 9.17) is 11.6 Å². The van der Waals surface area contributed by atoms with Gasteiger partial charge in [-0.15, -0.1) is 22.7 Å². The van der Waals surface area contributed by atoms with Crippen molar-refractivity contribution in [2.75, 3.05) is 11.1 Å². The third-order valence-corrected chi connectivity index (χ3v) is 7.65. The number of carbonyl (C=O) groups excluding carboxylic acids is 1. The molecule has 4 rings (SSSR count). The Morgan fingerprint density at radius 2 is 2.10 bits per heavy atom. The van der Waals surface area contributed by atoms with Crippen LogP contribution in [0.4, 0.5) is 5.69 Å². The summed E-state index contributed by atoms with van der Waals surface area (Å²) in [7, 11) is 1.69. The Balaban J connectivity index is 1.56. The van der Waals surface area contributed by atoms with Crippen LogP contribution in [-0.2, 0) is 11.8 Å². The van der Waals surface area contributed by atoms with Gasteiger partial charge in [0.05, 0.1) is 11.1 Å². The number of rotatable bonds is 5. The van der Waals surface area contributed by atoms with E-state index in [9.17, 15) is 9.59 Å². The summed E-state index contributed by atoms with van der Waals surface area (Å²) >= 11 is 10.4. The summed E-state index contributed by atoms with van der Waals surface area (Å²) in [6, 6.07) is 9.34. The predicted octanol–water partition coefficient (Wildman–Crippen LogP) is 5.42. The molecular formula is C20H16ClN3O2S3. The number of carbonyl (C=O) groups is 1. The largest absolute Gasteiger partial charge is 0.325 e. The molecule has 0 atom stereocenters. The lowest BCUT2D eigenvalue weighted by atomic mass is 10.2. The molecule has 0 saturated heterocycles. The molecule has 0 spiro atoms. The van der Waals surface area contributed by atoms with Gasteiger partial charge in [-0.2, -0.15) is 0 Å². The van der Waals surface area contributed by atoms with E-state index >= 15 is 0 Å². The lowest BCUT2D eigenvalue weighted by Gasteiger charge is -2.10. The zero-order valence-corrected chi connectivity index (χ0v) is 18.8. The number of aromatic nitrogens is 2. The topological polar surface area (TPSA) is 64.0 Å². The van der Waals surface area contributed by atoms with Crippen LogP contribution >= 0.6 is 46.0 Å². The quantitative estimate of drug-likeness (QED) is 0.318. The molecule has 0 aliphatic carbocycles. The fourth-order valence-corrected chi connectivity index (χ4v) is 5.60. The van der Waals surface area contributed by atoms with Gasteiger partial charge in [-0.3, -0.25) is 14.2 Å². The monoisotopic (exact) mass is 461 g/mol. The van der Waals surface area contributed by atoms with E-state index in [1.54, 1.807) is 30.5 Å². The third-order valence-electron chi connectivity index (χ3n) is 4.44. The number of hydrogen-bond acceptors (Lipinski definition) is 6. The van der Waals surface area contributed by atoms with Gasteiger partial charge in [0.25, 0.3) is 5.56 Å². The van der Waals surface area contributed by atoms with Crippen LogP contribution < -0.4 is 10.9 Å². The van der Waals surface area contributed by atoms with Crippen LogP contribution in [0.3, 0.4) is 0 Å². The van der Waals surface area contributed by atoms with E-state index in [0.717, 1.165) is 16.0 Å². The fourth-order valence-electron chi connectivity index (χ4n) is 2.85. The molecule has 1 N–H and O–H groups in total. The van der Waals surface area contributed by atoms with E-state index in [1.165, 1.54) is 27.7 Å². The lowest BCUT2D eigenvalue weighted by molar-refractivity contribution is -0.113. The van der Waals surface area contributed by atoms with Crippen LogP contribution in [0.15, 0.2) is 51.0 Å². The van der Waals surface area contributed by atoms with Gasteiger partial charge in [-0.25, -0.2) is 4.98 Å². The lowest BCUT2D eigenvalue weighted by Crippen LogP contribution is -2.21. The smallest absolute Gasteiger partial charge is 0.263 e. The van der Waals surface area contributed by atoms with E-state index in [0.29, 0.717) is 26.1 Å². The van der Waals surface area contributed by atoms with Crippen molar-refractivity contribution in [2.24, 2.45) is 7.05 Å². The molecule has 0 bridgehead atoms. The first-order chi connectivity index (χ1) is 14.0. The number of amides is 1. The van der Waals surface area contributed by atoms with E-state index in [2.05, 4.69) is 10.3 Å². The number of hydrogen-bond donors (Lipinski definition) is 1. The summed E-state index contributed by atoms with van der Waals surface area (Å²) in [6.45, 7) is 1.85. The van der Waals surface area contributed by atoms with Crippen LogP contribution in [0.5, 0.6) is 0 Å². The molecule has 0 unspecified atom stereocenters. The Morgan fingerprint density at radius 1 is 1.28 bits per heavy atom. The number of thioether (sulfide) groups is 1. The Labute approximate surface area is 184 Å². The molecule has 29 heavy (non-hydrogen) atoms. The average Bonchev–Trinajstić information content (AvgIpc) is 3.36. The standard InChI is InChI=1S/C20H16ClN3O2S3/c1-11-13(21)5-3-6-14(11)22-16(25)10-29-20-23-18-17(19(26)24(20)2)12(9-28-18)15-7-4-8-27-15/h3-9H,10H2,1-2H3,(H,22,25). The van der Waals surface area contributed by atoms with Crippen LogP contribution in [0.25, 0.3) is 20.7 Å². The third kappa shape index (κ3) is 3.98. The Hall–Kier alpha value is -2.13. The van der Waals surface area contributed by atoms with E-state index in [-0.39, 0.29) is 17.2 Å². The van der Waals surface area contributed by atoms with Gasteiger partial charge in [0.15, 0.2) is 5.16 Å². The Bertz CT molecular complexity index is 1260. The van der Waals surface area contributed by atoms with Crippen molar-refractivity contribution in [2.45, 2.75) is 12.1 Å². The zero-order chi connectivity index (χ0) is 20.5. The van der Waals surface area contributed by atoms with Gasteiger partial charge in [0.2, 0.25) is 5.91 Å². The number of fused-ring (bicyclic) bond motifs is 1. The van der Waals surface area contributed by atoms with Gasteiger partial charge >= 0.3 is 0 Å². The number of halogens is 1. The molecule has 4 aromatic rings. The SMILES string of the molecule is Cc1c(Cl)cccc1NC(=O)CSc1nc2scc(-c3cccs3)c2c(=O)n1C. The predicted molar refractivity (Wildman–Crippen MR) is 124 cm³/mol. The minimum Gasteiger partial charge on any atom is -0.325 e. The van der Waals surface area contributed by atoms with E-state index in [1.807, 2.05) is 35.9 Å². The van der Waals surface area contributed by atoms with Crippen molar-refractivity contribution in [1.82, 2.24) is 9.55 Å². The summed E-state index contributed by atoms with van der Waals surface area (Å²) in [4.78, 5) is 31.7. The molecule has 0 fully saturated rings. The van der Waals surface area contributed by atoms with Gasteiger partial charge in [0.1, 0.15) is 4.83 Å². The van der Waals surface area contributed by atoms with Crippen LogP contribution in [0.1, 0.15) is 5.56 Å². The van der Waals surface area contributed by atoms with Crippen molar-refractivity contribution in [3.05, 3.63) is 62.0 Å². The van der Waals surface area contributed by atoms with Crippen molar-refractivity contribution in [1.29, 1.82) is 0 Å². The zero-order valence-electron chi connectivity index (χ0n) is 15.6. The first-order valence-corrected chi connectivity index (χ1v) is 11.8. The highest BCUT2D eigenvalue weighted by atomic mass is 35.5. The maximum absolute atomic E-state index is 12.9. The molecule has 0 aliphatic heterocycles. The molecule has 0 saturated carbocycles.